The van der Waals surface area contributed by atoms with Gasteiger partial charge in [0.15, 0.2) is 0 Å². The zero-order chi connectivity index (χ0) is 12.1. The van der Waals surface area contributed by atoms with E-state index in [0.29, 0.717) is 0 Å². The summed E-state index contributed by atoms with van der Waals surface area (Å²) >= 11 is 0. The average molecular weight is 222 g/mol. The molecule has 0 aliphatic heterocycles. The van der Waals surface area contributed by atoms with Gasteiger partial charge in [0.2, 0.25) is 0 Å². The summed E-state index contributed by atoms with van der Waals surface area (Å²) in [5, 5.41) is 0. The minimum Gasteiger partial charge on any atom is -0.103 e. The van der Waals surface area contributed by atoms with Crippen LogP contribution in [0.2, 0.25) is 0 Å². The lowest BCUT2D eigenvalue weighted by atomic mass is 10.0. The average Bonchev–Trinajstić information content (AvgIpc) is 2.32. The van der Waals surface area contributed by atoms with E-state index in [9.17, 15) is 0 Å². The zero-order valence-corrected chi connectivity index (χ0v) is 11.4. The molecule has 0 saturated heterocycles. The molecular formula is C16H30. The van der Waals surface area contributed by atoms with E-state index >= 15 is 0 Å². The lowest BCUT2D eigenvalue weighted by Gasteiger charge is -2.04. The summed E-state index contributed by atoms with van der Waals surface area (Å²) in [5.74, 6) is 0. The fourth-order valence-electron chi connectivity index (χ4n) is 2.05. The maximum absolute atomic E-state index is 3.75. The maximum Gasteiger partial charge on any atom is -0.0321 e. The van der Waals surface area contributed by atoms with Crippen molar-refractivity contribution in [2.24, 2.45) is 0 Å². The van der Waals surface area contributed by atoms with Crippen molar-refractivity contribution in [2.75, 3.05) is 0 Å². The SMILES string of the molecule is C=CCCCCCCCCC/C(=C/C)CC. The predicted octanol–water partition coefficient (Wildman–Crippen LogP) is 6.04. The monoisotopic (exact) mass is 222 g/mol. The molecule has 0 aromatic rings. The molecular weight excluding hydrogens is 192 g/mol. The van der Waals surface area contributed by atoms with E-state index in [-0.39, 0.29) is 0 Å². The highest BCUT2D eigenvalue weighted by Gasteiger charge is 1.94. The van der Waals surface area contributed by atoms with Crippen LogP contribution in [0.25, 0.3) is 0 Å². The van der Waals surface area contributed by atoms with Crippen molar-refractivity contribution < 1.29 is 0 Å². The molecule has 0 bridgehead atoms. The van der Waals surface area contributed by atoms with Crippen molar-refractivity contribution in [1.82, 2.24) is 0 Å². The van der Waals surface area contributed by atoms with Gasteiger partial charge in [-0.3, -0.25) is 0 Å². The normalized spacial score (nSPS) is 11.8. The van der Waals surface area contributed by atoms with E-state index in [1.54, 1.807) is 5.57 Å². The molecule has 0 aromatic heterocycles. The first-order valence-electron chi connectivity index (χ1n) is 7.10. The second-order valence-electron chi connectivity index (χ2n) is 4.60. The molecule has 0 aliphatic rings. The third-order valence-electron chi connectivity index (χ3n) is 3.27. The van der Waals surface area contributed by atoms with Crippen molar-refractivity contribution in [1.29, 1.82) is 0 Å². The van der Waals surface area contributed by atoms with Crippen LogP contribution in [0.3, 0.4) is 0 Å². The molecule has 0 fully saturated rings. The molecule has 0 unspecified atom stereocenters. The van der Waals surface area contributed by atoms with Gasteiger partial charge in [-0.05, 0) is 39.0 Å². The molecule has 0 heterocycles. The number of unbranched alkanes of at least 4 members (excludes halogenated alkanes) is 7. The Hall–Kier alpha value is -0.520. The predicted molar refractivity (Wildman–Crippen MR) is 75.8 cm³/mol. The van der Waals surface area contributed by atoms with Gasteiger partial charge in [0.1, 0.15) is 0 Å². The first-order valence-corrected chi connectivity index (χ1v) is 7.10. The fraction of sp³-hybridized carbons (Fsp3) is 0.750. The molecule has 16 heavy (non-hydrogen) atoms. The molecule has 0 rings (SSSR count). The van der Waals surface area contributed by atoms with Crippen LogP contribution in [0.1, 0.15) is 78.1 Å². The maximum atomic E-state index is 3.75. The van der Waals surface area contributed by atoms with Crippen LogP contribution in [0, 0.1) is 0 Å². The lowest BCUT2D eigenvalue weighted by molar-refractivity contribution is 0.579. The second kappa shape index (κ2) is 12.5. The molecule has 0 atom stereocenters. The van der Waals surface area contributed by atoms with Crippen LogP contribution in [-0.2, 0) is 0 Å². The highest BCUT2D eigenvalue weighted by Crippen LogP contribution is 2.14. The molecule has 0 saturated carbocycles. The summed E-state index contributed by atoms with van der Waals surface area (Å²) in [6, 6.07) is 0. The standard InChI is InChI=1S/C16H30/c1-4-7-8-9-10-11-12-13-14-15-16(5-2)6-3/h4-5H,1,6-15H2,2-3H3/b16-5+. The molecule has 0 heteroatoms. The molecule has 0 N–H and O–H groups in total. The van der Waals surface area contributed by atoms with Gasteiger partial charge in [0.25, 0.3) is 0 Å². The Morgan fingerprint density at radius 1 is 0.938 bits per heavy atom. The summed E-state index contributed by atoms with van der Waals surface area (Å²) in [4.78, 5) is 0. The number of allylic oxidation sites excluding steroid dienone is 3. The number of rotatable bonds is 11. The summed E-state index contributed by atoms with van der Waals surface area (Å²) in [5.41, 5.74) is 1.63. The zero-order valence-electron chi connectivity index (χ0n) is 11.4. The van der Waals surface area contributed by atoms with E-state index in [1.165, 1.54) is 64.2 Å². The van der Waals surface area contributed by atoms with E-state index in [1.807, 2.05) is 6.08 Å². The third-order valence-corrected chi connectivity index (χ3v) is 3.27. The van der Waals surface area contributed by atoms with Gasteiger partial charge >= 0.3 is 0 Å². The summed E-state index contributed by atoms with van der Waals surface area (Å²) < 4.78 is 0. The molecule has 0 spiro atoms. The first kappa shape index (κ1) is 15.5. The largest absolute Gasteiger partial charge is 0.103 e. The molecule has 94 valence electrons. The highest BCUT2D eigenvalue weighted by atomic mass is 14.0. The van der Waals surface area contributed by atoms with Crippen LogP contribution in [-0.4, -0.2) is 0 Å². The second-order valence-corrected chi connectivity index (χ2v) is 4.60. The van der Waals surface area contributed by atoms with Crippen LogP contribution in [0.15, 0.2) is 24.3 Å². The topological polar surface area (TPSA) is 0 Å². The van der Waals surface area contributed by atoms with Gasteiger partial charge in [-0.1, -0.05) is 56.8 Å². The van der Waals surface area contributed by atoms with Crippen molar-refractivity contribution in [3.63, 3.8) is 0 Å². The van der Waals surface area contributed by atoms with E-state index in [0.717, 1.165) is 0 Å². The van der Waals surface area contributed by atoms with E-state index < -0.39 is 0 Å². The van der Waals surface area contributed by atoms with E-state index in [4.69, 9.17) is 0 Å². The van der Waals surface area contributed by atoms with Crippen LogP contribution >= 0.6 is 0 Å². The highest BCUT2D eigenvalue weighted by molar-refractivity contribution is 4.98. The van der Waals surface area contributed by atoms with Crippen molar-refractivity contribution in [3.05, 3.63) is 24.3 Å². The minimum atomic E-state index is 1.20. The fourth-order valence-corrected chi connectivity index (χ4v) is 2.05. The van der Waals surface area contributed by atoms with Gasteiger partial charge in [0.05, 0.1) is 0 Å². The summed E-state index contributed by atoms with van der Waals surface area (Å²) in [6.45, 7) is 8.17. The first-order chi connectivity index (χ1) is 7.85. The van der Waals surface area contributed by atoms with Gasteiger partial charge in [-0.2, -0.15) is 0 Å². The number of hydrogen-bond acceptors (Lipinski definition) is 0. The van der Waals surface area contributed by atoms with Gasteiger partial charge in [-0.15, -0.1) is 6.58 Å². The number of hydrogen-bond donors (Lipinski definition) is 0. The minimum absolute atomic E-state index is 1.20. The Bertz CT molecular complexity index is 176. The Labute approximate surface area is 103 Å². The summed E-state index contributed by atoms with van der Waals surface area (Å²) in [6.07, 6.45) is 17.9. The van der Waals surface area contributed by atoms with Crippen molar-refractivity contribution in [2.45, 2.75) is 78.1 Å². The third kappa shape index (κ3) is 10.0. The van der Waals surface area contributed by atoms with Crippen molar-refractivity contribution in [3.8, 4) is 0 Å². The van der Waals surface area contributed by atoms with Crippen LogP contribution < -0.4 is 0 Å². The molecule has 0 amide bonds. The molecule has 0 radical (unpaired) electrons. The van der Waals surface area contributed by atoms with Gasteiger partial charge in [-0.25, -0.2) is 0 Å². The van der Waals surface area contributed by atoms with E-state index in [2.05, 4.69) is 26.5 Å². The smallest absolute Gasteiger partial charge is 0.0321 e. The Kier molecular flexibility index (Phi) is 12.1. The molecule has 0 aliphatic carbocycles. The van der Waals surface area contributed by atoms with Crippen LogP contribution in [0.5, 0.6) is 0 Å². The summed E-state index contributed by atoms with van der Waals surface area (Å²) in [7, 11) is 0. The van der Waals surface area contributed by atoms with Crippen molar-refractivity contribution >= 4 is 0 Å². The molecule has 0 aromatic carbocycles. The van der Waals surface area contributed by atoms with Crippen LogP contribution in [0.4, 0.5) is 0 Å². The Morgan fingerprint density at radius 3 is 2.00 bits per heavy atom. The Morgan fingerprint density at radius 2 is 1.50 bits per heavy atom. The Balaban J connectivity index is 3.12. The van der Waals surface area contributed by atoms with Gasteiger partial charge in [0, 0.05) is 0 Å². The lowest BCUT2D eigenvalue weighted by Crippen LogP contribution is -1.84. The van der Waals surface area contributed by atoms with Gasteiger partial charge < -0.3 is 0 Å². The quantitative estimate of drug-likeness (QED) is 0.295. The molecule has 0 nitrogen and oxygen atoms in total.